The van der Waals surface area contributed by atoms with Crippen molar-refractivity contribution in [3.8, 4) is 11.5 Å². The van der Waals surface area contributed by atoms with Gasteiger partial charge < -0.3 is 40.3 Å². The number of ether oxygens (including phenoxy) is 2. The molecule has 0 spiro atoms. The number of benzene rings is 1. The van der Waals surface area contributed by atoms with Gasteiger partial charge in [0.1, 0.15) is 18.3 Å². The summed E-state index contributed by atoms with van der Waals surface area (Å²) in [5.74, 6) is -0.383. The zero-order valence-electron chi connectivity index (χ0n) is 14.6. The van der Waals surface area contributed by atoms with Crippen molar-refractivity contribution >= 4 is 5.91 Å². The summed E-state index contributed by atoms with van der Waals surface area (Å²) in [6, 6.07) is 5.39. The van der Waals surface area contributed by atoms with Crippen LogP contribution in [-0.4, -0.2) is 74.8 Å². The first-order valence-corrected chi connectivity index (χ1v) is 8.26. The van der Waals surface area contributed by atoms with Crippen molar-refractivity contribution in [2.45, 2.75) is 50.5 Å². The van der Waals surface area contributed by atoms with E-state index in [-0.39, 0.29) is 6.54 Å². The van der Waals surface area contributed by atoms with Crippen molar-refractivity contribution in [1.82, 2.24) is 5.32 Å². The Kier molecular flexibility index (Phi) is 6.43. The zero-order chi connectivity index (χ0) is 19.5. The van der Waals surface area contributed by atoms with Crippen LogP contribution >= 0.6 is 0 Å². The van der Waals surface area contributed by atoms with Gasteiger partial charge in [0.25, 0.3) is 5.91 Å². The van der Waals surface area contributed by atoms with Crippen LogP contribution in [0.25, 0.3) is 0 Å². The molecule has 2 rings (SSSR count). The first-order valence-electron chi connectivity index (χ1n) is 8.26. The Labute approximate surface area is 150 Å². The van der Waals surface area contributed by atoms with Crippen molar-refractivity contribution in [1.29, 1.82) is 0 Å². The van der Waals surface area contributed by atoms with E-state index >= 15 is 0 Å². The molecule has 146 valence electrons. The van der Waals surface area contributed by atoms with E-state index < -0.39 is 42.7 Å². The second-order valence-corrected chi connectivity index (χ2v) is 6.60. The fourth-order valence-electron chi connectivity index (χ4n) is 2.53. The van der Waals surface area contributed by atoms with Gasteiger partial charge in [-0.3, -0.25) is 4.79 Å². The lowest BCUT2D eigenvalue weighted by Crippen LogP contribution is -2.51. The molecular weight excluding hydrogens is 346 g/mol. The Hall–Kier alpha value is -1.91. The second kappa shape index (κ2) is 8.19. The fraction of sp³-hybridized carbons (Fsp3) is 0.588. The molecule has 0 fully saturated rings. The highest BCUT2D eigenvalue weighted by Crippen LogP contribution is 2.39. The van der Waals surface area contributed by atoms with Gasteiger partial charge in [0.15, 0.2) is 17.6 Å². The van der Waals surface area contributed by atoms with Gasteiger partial charge in [-0.1, -0.05) is 6.07 Å². The number of carbonyl (C=O) groups excluding carboxylic acids is 1. The molecular formula is C17H25NO8. The lowest BCUT2D eigenvalue weighted by molar-refractivity contribution is -0.148. The minimum Gasteiger partial charge on any atom is -0.449 e. The van der Waals surface area contributed by atoms with Crippen molar-refractivity contribution < 1.29 is 39.8 Å². The summed E-state index contributed by atoms with van der Waals surface area (Å²) in [4.78, 5) is 11.8. The number of aliphatic hydroxyl groups is 5. The molecule has 1 aromatic rings. The minimum absolute atomic E-state index is 0.171. The summed E-state index contributed by atoms with van der Waals surface area (Å²) in [5, 5.41) is 49.3. The molecule has 26 heavy (non-hydrogen) atoms. The van der Waals surface area contributed by atoms with Crippen LogP contribution in [0.3, 0.4) is 0 Å². The smallest absolute Gasteiger partial charge is 0.251 e. The molecule has 9 nitrogen and oxygen atoms in total. The molecule has 9 heteroatoms. The number of nitrogens with one attached hydrogen (secondary N) is 1. The van der Waals surface area contributed by atoms with Crippen molar-refractivity contribution in [2.24, 2.45) is 0 Å². The maximum atomic E-state index is 11.8. The third-order valence-electron chi connectivity index (χ3n) is 3.96. The average Bonchev–Trinajstić information content (AvgIpc) is 2.91. The van der Waals surface area contributed by atoms with E-state index in [1.165, 1.54) is 0 Å². The Morgan fingerprint density at radius 2 is 1.77 bits per heavy atom. The van der Waals surface area contributed by atoms with Crippen molar-refractivity contribution in [3.63, 3.8) is 0 Å². The Bertz CT molecular complexity index is 635. The lowest BCUT2D eigenvalue weighted by Gasteiger charge is -2.24. The summed E-state index contributed by atoms with van der Waals surface area (Å²) in [5.41, 5.74) is 0.871. The van der Waals surface area contributed by atoms with Crippen LogP contribution < -0.4 is 14.8 Å². The largest absolute Gasteiger partial charge is 0.449 e. The van der Waals surface area contributed by atoms with E-state index in [4.69, 9.17) is 14.6 Å². The maximum Gasteiger partial charge on any atom is 0.251 e. The summed E-state index contributed by atoms with van der Waals surface area (Å²) in [6.07, 6.45) is -6.94. The molecule has 1 amide bonds. The van der Waals surface area contributed by atoms with Crippen molar-refractivity contribution in [2.75, 3.05) is 13.2 Å². The summed E-state index contributed by atoms with van der Waals surface area (Å²) >= 11 is 0. The number of rotatable bonds is 8. The average molecular weight is 371 g/mol. The third kappa shape index (κ3) is 4.83. The van der Waals surface area contributed by atoms with Gasteiger partial charge in [-0.15, -0.1) is 0 Å². The number of aliphatic hydroxyl groups excluding tert-OH is 5. The van der Waals surface area contributed by atoms with E-state index in [0.29, 0.717) is 17.9 Å². The Morgan fingerprint density at radius 3 is 2.42 bits per heavy atom. The molecule has 4 atom stereocenters. The van der Waals surface area contributed by atoms with Crippen LogP contribution in [0.15, 0.2) is 18.2 Å². The van der Waals surface area contributed by atoms with Gasteiger partial charge >= 0.3 is 0 Å². The molecule has 1 aliphatic rings. The molecule has 1 aliphatic heterocycles. The van der Waals surface area contributed by atoms with Crippen LogP contribution in [0.1, 0.15) is 19.4 Å². The van der Waals surface area contributed by atoms with Crippen molar-refractivity contribution in [3.05, 3.63) is 23.8 Å². The van der Waals surface area contributed by atoms with Crippen LogP contribution in [0.2, 0.25) is 0 Å². The molecule has 1 aromatic carbocycles. The predicted molar refractivity (Wildman–Crippen MR) is 89.6 cm³/mol. The van der Waals surface area contributed by atoms with E-state index in [2.05, 4.69) is 5.32 Å². The number of carbonyl (C=O) groups is 1. The van der Waals surface area contributed by atoms with Crippen LogP contribution in [-0.2, 0) is 11.2 Å². The van der Waals surface area contributed by atoms with Gasteiger partial charge in [0.2, 0.25) is 5.79 Å². The normalized spacial score (nSPS) is 19.5. The number of hydrogen-bond donors (Lipinski definition) is 6. The minimum atomic E-state index is -1.94. The van der Waals surface area contributed by atoms with E-state index in [9.17, 15) is 25.2 Å². The van der Waals surface area contributed by atoms with Gasteiger partial charge in [-0.05, 0) is 24.1 Å². The molecule has 6 N–H and O–H groups in total. The molecule has 0 aromatic heterocycles. The molecule has 0 radical (unpaired) electrons. The standard InChI is InChI=1S/C17H25NO8/c1-17(2)25-11-4-3-9(7-12(11)26-17)5-6-18-16(24)15(23)14(22)13(21)10(20)8-19/h3-4,7,10,13-15,19-23H,5-6,8H2,1-2H3,(H,18,24)/t10-,13+,14+,15+/m0/s1. The molecule has 0 saturated carbocycles. The monoisotopic (exact) mass is 371 g/mol. The molecule has 1 heterocycles. The maximum absolute atomic E-state index is 11.8. The molecule has 0 bridgehead atoms. The van der Waals surface area contributed by atoms with E-state index in [1.807, 2.05) is 6.07 Å². The highest BCUT2D eigenvalue weighted by atomic mass is 16.7. The van der Waals surface area contributed by atoms with Gasteiger partial charge in [0.05, 0.1) is 6.61 Å². The number of fused-ring (bicyclic) bond motifs is 1. The van der Waals surface area contributed by atoms with E-state index in [0.717, 1.165) is 5.56 Å². The molecule has 0 saturated heterocycles. The highest BCUT2D eigenvalue weighted by molar-refractivity contribution is 5.81. The predicted octanol–water partition coefficient (Wildman–Crippen LogP) is -1.71. The number of amides is 1. The van der Waals surface area contributed by atoms with E-state index in [1.54, 1.807) is 26.0 Å². The van der Waals surface area contributed by atoms with Gasteiger partial charge in [-0.2, -0.15) is 0 Å². The first kappa shape index (κ1) is 20.4. The number of hydrogen-bond acceptors (Lipinski definition) is 8. The summed E-state index contributed by atoms with van der Waals surface area (Å²) in [6.45, 7) is 2.95. The Morgan fingerprint density at radius 1 is 1.12 bits per heavy atom. The summed E-state index contributed by atoms with van der Waals surface area (Å²) in [7, 11) is 0. The topological polar surface area (TPSA) is 149 Å². The quantitative estimate of drug-likeness (QED) is 0.316. The highest BCUT2D eigenvalue weighted by Gasteiger charge is 2.34. The SMILES string of the molecule is CC1(C)Oc2ccc(CCNC(=O)[C@H](O)[C@H](O)[C@H](O)[C@@H](O)CO)cc2O1. The van der Waals surface area contributed by atoms with Crippen LogP contribution in [0, 0.1) is 0 Å². The lowest BCUT2D eigenvalue weighted by atomic mass is 10.0. The van der Waals surface area contributed by atoms with Crippen LogP contribution in [0.5, 0.6) is 11.5 Å². The van der Waals surface area contributed by atoms with Gasteiger partial charge in [-0.25, -0.2) is 0 Å². The first-order chi connectivity index (χ1) is 12.1. The van der Waals surface area contributed by atoms with Crippen LogP contribution in [0.4, 0.5) is 0 Å². The third-order valence-corrected chi connectivity index (χ3v) is 3.96. The second-order valence-electron chi connectivity index (χ2n) is 6.60. The zero-order valence-corrected chi connectivity index (χ0v) is 14.6. The summed E-state index contributed by atoms with van der Waals surface area (Å²) < 4.78 is 11.2. The van der Waals surface area contributed by atoms with Gasteiger partial charge in [0, 0.05) is 20.4 Å². The Balaban J connectivity index is 1.83. The fourth-order valence-corrected chi connectivity index (χ4v) is 2.53. The molecule has 0 unspecified atom stereocenters. The molecule has 0 aliphatic carbocycles.